The first kappa shape index (κ1) is 13.8. The normalized spacial score (nSPS) is 18.0. The Morgan fingerprint density at radius 2 is 2.16 bits per heavy atom. The molecule has 2 aromatic heterocycles. The van der Waals surface area contributed by atoms with Crippen LogP contribution in [0.1, 0.15) is 30.1 Å². The highest BCUT2D eigenvalue weighted by atomic mass is 79.9. The Morgan fingerprint density at radius 1 is 1.24 bits per heavy atom. The Bertz CT molecular complexity index is 1050. The van der Waals surface area contributed by atoms with E-state index < -0.39 is 0 Å². The van der Waals surface area contributed by atoms with Crippen LogP contribution >= 0.6 is 15.9 Å². The third-order valence-electron chi connectivity index (χ3n) is 4.90. The van der Waals surface area contributed by atoms with Crippen LogP contribution in [0.25, 0.3) is 17.3 Å². The lowest BCUT2D eigenvalue weighted by atomic mass is 10.1. The second kappa shape index (κ2) is 4.78. The lowest BCUT2D eigenvalue weighted by Gasteiger charge is -2.29. The highest BCUT2D eigenvalue weighted by Crippen LogP contribution is 2.42. The van der Waals surface area contributed by atoms with Crippen molar-refractivity contribution in [3.05, 3.63) is 40.4 Å². The Labute approximate surface area is 151 Å². The summed E-state index contributed by atoms with van der Waals surface area (Å²) in [6, 6.07) is 6.15. The summed E-state index contributed by atoms with van der Waals surface area (Å²) in [6.07, 6.45) is 4.11. The van der Waals surface area contributed by atoms with Crippen LogP contribution in [0.5, 0.6) is 0 Å². The molecule has 1 aliphatic carbocycles. The molecule has 1 aromatic carbocycles. The van der Waals surface area contributed by atoms with E-state index in [1.807, 2.05) is 18.5 Å². The maximum Gasteiger partial charge on any atom is 0.280 e. The highest BCUT2D eigenvalue weighted by molar-refractivity contribution is 9.10. The number of fused-ring (bicyclic) bond motifs is 6. The fourth-order valence-electron chi connectivity index (χ4n) is 3.57. The molecule has 1 fully saturated rings. The number of nitrogens with zero attached hydrogens (tertiary/aromatic N) is 6. The number of aromatic nitrogens is 4. The van der Waals surface area contributed by atoms with E-state index in [9.17, 15) is 0 Å². The van der Waals surface area contributed by atoms with E-state index in [-0.39, 0.29) is 0 Å². The van der Waals surface area contributed by atoms with Crippen molar-refractivity contribution in [2.75, 3.05) is 18.0 Å². The topological polar surface area (TPSA) is 72.3 Å². The molecule has 8 heteroatoms. The summed E-state index contributed by atoms with van der Waals surface area (Å²) >= 11 is 3.67. The zero-order chi connectivity index (χ0) is 16.5. The lowest BCUT2D eigenvalue weighted by Crippen LogP contribution is -2.35. The predicted octanol–water partition coefficient (Wildman–Crippen LogP) is 3.14. The van der Waals surface area contributed by atoms with Crippen LogP contribution in [0.4, 0.5) is 5.82 Å². The first-order chi connectivity index (χ1) is 12.3. The van der Waals surface area contributed by atoms with Crippen molar-refractivity contribution in [1.82, 2.24) is 19.7 Å². The molecule has 25 heavy (non-hydrogen) atoms. The number of imidazole rings is 1. The molecule has 0 atom stereocenters. The Kier molecular flexibility index (Phi) is 2.64. The summed E-state index contributed by atoms with van der Waals surface area (Å²) in [5, 5.41) is 4.14. The number of halogens is 1. The van der Waals surface area contributed by atoms with Gasteiger partial charge in [-0.05, 0) is 40.9 Å². The average molecular weight is 397 g/mol. The van der Waals surface area contributed by atoms with Crippen molar-refractivity contribution >= 4 is 27.6 Å². The van der Waals surface area contributed by atoms with Crippen LogP contribution in [0, 0.1) is 0 Å². The minimum Gasteiger partial charge on any atom is -0.332 e. The third-order valence-corrected chi connectivity index (χ3v) is 5.56. The SMILES string of the molecule is Brc1cccc2c1C1=NCCN1c1c(-c3nc(C4CC4)no3)ncn1-2. The molecule has 124 valence electrons. The van der Waals surface area contributed by atoms with Gasteiger partial charge in [0.05, 0.1) is 17.8 Å². The van der Waals surface area contributed by atoms with Gasteiger partial charge in [0.1, 0.15) is 12.2 Å². The second-order valence-corrected chi connectivity index (χ2v) is 7.36. The molecule has 4 heterocycles. The molecule has 3 aliphatic rings. The van der Waals surface area contributed by atoms with Crippen molar-refractivity contribution in [3.63, 3.8) is 0 Å². The van der Waals surface area contributed by atoms with Crippen LogP contribution < -0.4 is 4.90 Å². The van der Waals surface area contributed by atoms with Gasteiger partial charge in [0.2, 0.25) is 0 Å². The fourth-order valence-corrected chi connectivity index (χ4v) is 4.10. The van der Waals surface area contributed by atoms with Crippen LogP contribution in [-0.2, 0) is 0 Å². The van der Waals surface area contributed by atoms with Gasteiger partial charge in [-0.2, -0.15) is 4.98 Å². The average Bonchev–Trinajstić information content (AvgIpc) is 3.03. The molecule has 0 amide bonds. The zero-order valence-corrected chi connectivity index (χ0v) is 14.8. The molecular weight excluding hydrogens is 384 g/mol. The monoisotopic (exact) mass is 396 g/mol. The maximum absolute atomic E-state index is 5.52. The number of anilines is 1. The van der Waals surface area contributed by atoms with Crippen LogP contribution in [0.3, 0.4) is 0 Å². The maximum atomic E-state index is 5.52. The standard InChI is InChI=1S/C17H13BrN6O/c18-10-2-1-3-11-12(10)15-19-6-7-23(15)17-13(20-8-24(11)17)16-21-14(22-25-16)9-4-5-9/h1-3,8-9H,4-7H2. The molecule has 6 rings (SSSR count). The van der Waals surface area contributed by atoms with E-state index in [2.05, 4.69) is 46.6 Å². The van der Waals surface area contributed by atoms with Crippen LogP contribution in [0.15, 0.2) is 38.5 Å². The molecule has 0 saturated heterocycles. The van der Waals surface area contributed by atoms with E-state index in [4.69, 9.17) is 9.52 Å². The van der Waals surface area contributed by atoms with Gasteiger partial charge in [0, 0.05) is 16.9 Å². The summed E-state index contributed by atoms with van der Waals surface area (Å²) < 4.78 is 8.64. The Balaban J connectivity index is 1.58. The van der Waals surface area contributed by atoms with Crippen molar-refractivity contribution in [2.45, 2.75) is 18.8 Å². The molecule has 0 spiro atoms. The van der Waals surface area contributed by atoms with Crippen LogP contribution in [0.2, 0.25) is 0 Å². The molecule has 2 aliphatic heterocycles. The van der Waals surface area contributed by atoms with E-state index in [1.54, 1.807) is 0 Å². The summed E-state index contributed by atoms with van der Waals surface area (Å²) in [6.45, 7) is 1.58. The number of rotatable bonds is 2. The number of hydrogen-bond acceptors (Lipinski definition) is 6. The predicted molar refractivity (Wildman–Crippen MR) is 95.3 cm³/mol. The Hall–Kier alpha value is -2.48. The van der Waals surface area contributed by atoms with Crippen molar-refractivity contribution in [1.29, 1.82) is 0 Å². The fraction of sp³-hybridized carbons (Fsp3) is 0.294. The summed E-state index contributed by atoms with van der Waals surface area (Å²) in [5.41, 5.74) is 2.88. The van der Waals surface area contributed by atoms with Gasteiger partial charge in [-0.3, -0.25) is 9.56 Å². The van der Waals surface area contributed by atoms with E-state index in [0.717, 1.165) is 64.8 Å². The zero-order valence-electron chi connectivity index (χ0n) is 13.2. The summed E-state index contributed by atoms with van der Waals surface area (Å²) in [4.78, 5) is 16.1. The molecule has 0 bridgehead atoms. The van der Waals surface area contributed by atoms with Gasteiger partial charge >= 0.3 is 0 Å². The van der Waals surface area contributed by atoms with E-state index in [0.29, 0.717) is 11.8 Å². The third kappa shape index (κ3) is 1.85. The number of aliphatic imine (C=N–C) groups is 1. The van der Waals surface area contributed by atoms with E-state index >= 15 is 0 Å². The quantitative estimate of drug-likeness (QED) is 0.665. The smallest absolute Gasteiger partial charge is 0.280 e. The molecule has 7 nitrogen and oxygen atoms in total. The first-order valence-corrected chi connectivity index (χ1v) is 9.13. The largest absolute Gasteiger partial charge is 0.332 e. The van der Waals surface area contributed by atoms with Gasteiger partial charge in [0.25, 0.3) is 5.89 Å². The van der Waals surface area contributed by atoms with Crippen molar-refractivity contribution in [2.24, 2.45) is 4.99 Å². The Morgan fingerprint density at radius 3 is 3.04 bits per heavy atom. The molecule has 0 unspecified atom stereocenters. The molecule has 0 radical (unpaired) electrons. The van der Waals surface area contributed by atoms with E-state index in [1.165, 1.54) is 0 Å². The highest BCUT2D eigenvalue weighted by Gasteiger charge is 2.37. The minimum atomic E-state index is 0.455. The summed E-state index contributed by atoms with van der Waals surface area (Å²) in [7, 11) is 0. The number of hydrogen-bond donors (Lipinski definition) is 0. The summed E-state index contributed by atoms with van der Waals surface area (Å²) in [5.74, 6) is 3.66. The molecule has 1 saturated carbocycles. The lowest BCUT2D eigenvalue weighted by molar-refractivity contribution is 0.421. The molecule has 3 aromatic rings. The van der Waals surface area contributed by atoms with Crippen LogP contribution in [-0.4, -0.2) is 38.6 Å². The van der Waals surface area contributed by atoms with Gasteiger partial charge in [-0.1, -0.05) is 11.2 Å². The molecule has 0 N–H and O–H groups in total. The number of benzene rings is 1. The second-order valence-electron chi connectivity index (χ2n) is 6.51. The van der Waals surface area contributed by atoms with Crippen molar-refractivity contribution in [3.8, 4) is 17.3 Å². The van der Waals surface area contributed by atoms with Gasteiger partial charge in [0.15, 0.2) is 17.3 Å². The molecular formula is C17H13BrN6O. The first-order valence-electron chi connectivity index (χ1n) is 8.34. The van der Waals surface area contributed by atoms with Gasteiger partial charge < -0.3 is 9.42 Å². The minimum absolute atomic E-state index is 0.455. The van der Waals surface area contributed by atoms with Gasteiger partial charge in [-0.15, -0.1) is 0 Å². The van der Waals surface area contributed by atoms with Crippen molar-refractivity contribution < 1.29 is 4.52 Å². The number of amidine groups is 1. The van der Waals surface area contributed by atoms with Gasteiger partial charge in [-0.25, -0.2) is 4.98 Å².